The fourth-order valence-corrected chi connectivity index (χ4v) is 1.37. The topological polar surface area (TPSA) is 52.2 Å². The van der Waals surface area contributed by atoms with Crippen LogP contribution in [0.15, 0.2) is 28.7 Å². The second-order valence-electron chi connectivity index (χ2n) is 1.85. The molecule has 0 fully saturated rings. The van der Waals surface area contributed by atoms with Crippen LogP contribution in [0.5, 0.6) is 0 Å². The van der Waals surface area contributed by atoms with Crippen LogP contribution in [0.2, 0.25) is 0 Å². The predicted molar refractivity (Wildman–Crippen MR) is 46.7 cm³/mol. The van der Waals surface area contributed by atoms with Crippen molar-refractivity contribution in [3.05, 3.63) is 28.7 Å². The maximum absolute atomic E-state index is 10.2. The molecule has 60 valence electrons. The highest BCUT2D eigenvalue weighted by Crippen LogP contribution is 2.15. The van der Waals surface area contributed by atoms with Crippen LogP contribution in [-0.4, -0.2) is 8.76 Å². The third-order valence-electron chi connectivity index (χ3n) is 1.03. The van der Waals surface area contributed by atoms with E-state index in [4.69, 9.17) is 0 Å². The molecule has 0 aromatic heterocycles. The normalized spacial score (nSPS) is 12.5. The van der Waals surface area contributed by atoms with Crippen LogP contribution in [0, 0.1) is 0 Å². The van der Waals surface area contributed by atoms with Gasteiger partial charge in [-0.1, -0.05) is 22.0 Å². The molecule has 0 heterocycles. The smallest absolute Gasteiger partial charge is 0.0463 e. The molecule has 1 aromatic carbocycles. The number of hydrogen-bond acceptors (Lipinski definition) is 2. The van der Waals surface area contributed by atoms with Crippen LogP contribution < -0.4 is 4.72 Å². The van der Waals surface area contributed by atoms with E-state index in [0.29, 0.717) is 5.69 Å². The van der Waals surface area contributed by atoms with E-state index < -0.39 is 11.3 Å². The molecule has 11 heavy (non-hydrogen) atoms. The first kappa shape index (κ1) is 8.70. The summed E-state index contributed by atoms with van der Waals surface area (Å²) >= 11 is 0.965. The van der Waals surface area contributed by atoms with Gasteiger partial charge in [-0.15, -0.1) is 0 Å². The standard InChI is InChI=1S/C6H6BrNO2S/c7-5-2-1-3-6(4-5)8-11(9)10/h1-4,8H,(H,9,10)/p-1. The van der Waals surface area contributed by atoms with Crippen molar-refractivity contribution in [1.82, 2.24) is 0 Å². The van der Waals surface area contributed by atoms with Gasteiger partial charge < -0.3 is 9.27 Å². The Morgan fingerprint density at radius 3 is 2.82 bits per heavy atom. The van der Waals surface area contributed by atoms with Gasteiger partial charge >= 0.3 is 0 Å². The first-order chi connectivity index (χ1) is 5.18. The Labute approximate surface area is 75.4 Å². The lowest BCUT2D eigenvalue weighted by Gasteiger charge is -2.07. The van der Waals surface area contributed by atoms with Crippen molar-refractivity contribution in [2.45, 2.75) is 0 Å². The highest BCUT2D eigenvalue weighted by molar-refractivity contribution is 9.10. The Morgan fingerprint density at radius 2 is 2.27 bits per heavy atom. The van der Waals surface area contributed by atoms with Crippen molar-refractivity contribution in [2.24, 2.45) is 0 Å². The van der Waals surface area contributed by atoms with E-state index in [1.54, 1.807) is 18.2 Å². The van der Waals surface area contributed by atoms with Crippen molar-refractivity contribution in [3.63, 3.8) is 0 Å². The van der Waals surface area contributed by atoms with E-state index in [1.807, 2.05) is 6.07 Å². The van der Waals surface area contributed by atoms with Gasteiger partial charge in [0.1, 0.15) is 0 Å². The average Bonchev–Trinajstić information content (AvgIpc) is 1.85. The first-order valence-corrected chi connectivity index (χ1v) is 4.67. The van der Waals surface area contributed by atoms with Crippen LogP contribution in [0.4, 0.5) is 5.69 Å². The molecular formula is C6H5BrNO2S-. The highest BCUT2D eigenvalue weighted by Gasteiger charge is 1.90. The van der Waals surface area contributed by atoms with Gasteiger partial charge in [0.15, 0.2) is 0 Å². The predicted octanol–water partition coefficient (Wildman–Crippen LogP) is 1.66. The maximum Gasteiger partial charge on any atom is 0.0463 e. The van der Waals surface area contributed by atoms with Gasteiger partial charge in [0, 0.05) is 21.4 Å². The second-order valence-corrected chi connectivity index (χ2v) is 3.44. The third kappa shape index (κ3) is 3.00. The zero-order valence-electron chi connectivity index (χ0n) is 5.41. The molecule has 5 heteroatoms. The number of halogens is 1. The quantitative estimate of drug-likeness (QED) is 0.792. The summed E-state index contributed by atoms with van der Waals surface area (Å²) < 4.78 is 23.4. The Balaban J connectivity index is 2.79. The van der Waals surface area contributed by atoms with Crippen LogP contribution >= 0.6 is 15.9 Å². The Kier molecular flexibility index (Phi) is 3.04. The summed E-state index contributed by atoms with van der Waals surface area (Å²) in [6, 6.07) is 6.91. The summed E-state index contributed by atoms with van der Waals surface area (Å²) in [5.74, 6) is 0. The van der Waals surface area contributed by atoms with Crippen LogP contribution in [-0.2, 0) is 11.3 Å². The molecule has 0 radical (unpaired) electrons. The molecule has 0 aliphatic carbocycles. The van der Waals surface area contributed by atoms with Gasteiger partial charge in [0.25, 0.3) is 0 Å². The molecular weight excluding hydrogens is 230 g/mol. The summed E-state index contributed by atoms with van der Waals surface area (Å²) in [5, 5.41) is 0. The van der Waals surface area contributed by atoms with E-state index in [9.17, 15) is 8.76 Å². The zero-order valence-corrected chi connectivity index (χ0v) is 7.81. The average molecular weight is 235 g/mol. The molecule has 1 N–H and O–H groups in total. The number of hydrogen-bond donors (Lipinski definition) is 1. The molecule has 0 spiro atoms. The lowest BCUT2D eigenvalue weighted by atomic mass is 10.3. The first-order valence-electron chi connectivity index (χ1n) is 2.80. The van der Waals surface area contributed by atoms with Crippen LogP contribution in [0.25, 0.3) is 0 Å². The van der Waals surface area contributed by atoms with Crippen LogP contribution in [0.3, 0.4) is 0 Å². The SMILES string of the molecule is O=S([O-])Nc1cccc(Br)c1. The van der Waals surface area contributed by atoms with Crippen molar-refractivity contribution >= 4 is 32.9 Å². The molecule has 1 unspecified atom stereocenters. The number of nitrogens with one attached hydrogen (secondary N) is 1. The zero-order chi connectivity index (χ0) is 8.27. The summed E-state index contributed by atoms with van der Waals surface area (Å²) in [5.41, 5.74) is 0.549. The van der Waals surface area contributed by atoms with E-state index >= 15 is 0 Å². The second kappa shape index (κ2) is 3.85. The molecule has 1 rings (SSSR count). The number of rotatable bonds is 2. The number of benzene rings is 1. The Morgan fingerprint density at radius 1 is 1.55 bits per heavy atom. The largest absolute Gasteiger partial charge is 0.755 e. The summed E-state index contributed by atoms with van der Waals surface area (Å²) in [6.45, 7) is 0. The van der Waals surface area contributed by atoms with Gasteiger partial charge in [-0.2, -0.15) is 0 Å². The van der Waals surface area contributed by atoms with Gasteiger partial charge in [-0.05, 0) is 18.2 Å². The molecule has 0 saturated carbocycles. The van der Waals surface area contributed by atoms with E-state index in [1.165, 1.54) is 0 Å². The van der Waals surface area contributed by atoms with Crippen molar-refractivity contribution in [1.29, 1.82) is 0 Å². The minimum Gasteiger partial charge on any atom is -0.755 e. The summed E-state index contributed by atoms with van der Waals surface area (Å²) in [7, 11) is 0. The van der Waals surface area contributed by atoms with Gasteiger partial charge in [-0.25, -0.2) is 0 Å². The molecule has 0 aliphatic heterocycles. The fourth-order valence-electron chi connectivity index (χ4n) is 0.648. The molecule has 0 aliphatic rings. The van der Waals surface area contributed by atoms with Crippen molar-refractivity contribution in [2.75, 3.05) is 4.72 Å². The Bertz CT molecular complexity index is 279. The van der Waals surface area contributed by atoms with E-state index in [2.05, 4.69) is 20.7 Å². The summed E-state index contributed by atoms with van der Waals surface area (Å²) in [6.07, 6.45) is 0. The molecule has 1 atom stereocenters. The lowest BCUT2D eigenvalue weighted by molar-refractivity contribution is 0.542. The molecule has 3 nitrogen and oxygen atoms in total. The van der Waals surface area contributed by atoms with Gasteiger partial charge in [-0.3, -0.25) is 4.21 Å². The maximum atomic E-state index is 10.2. The minimum absolute atomic E-state index is 0.549. The Hall–Kier alpha value is -0.390. The molecule has 0 bridgehead atoms. The minimum atomic E-state index is -2.25. The highest BCUT2D eigenvalue weighted by atomic mass is 79.9. The third-order valence-corrected chi connectivity index (χ3v) is 1.92. The van der Waals surface area contributed by atoms with Crippen LogP contribution in [0.1, 0.15) is 0 Å². The van der Waals surface area contributed by atoms with E-state index in [0.717, 1.165) is 4.47 Å². The van der Waals surface area contributed by atoms with Gasteiger partial charge in [0.05, 0.1) is 0 Å². The molecule has 0 amide bonds. The molecule has 1 aromatic rings. The van der Waals surface area contributed by atoms with E-state index in [-0.39, 0.29) is 0 Å². The fraction of sp³-hybridized carbons (Fsp3) is 0. The molecule has 0 saturated heterocycles. The van der Waals surface area contributed by atoms with Crippen molar-refractivity contribution in [3.8, 4) is 0 Å². The van der Waals surface area contributed by atoms with Gasteiger partial charge in [0.2, 0.25) is 0 Å². The lowest BCUT2D eigenvalue weighted by Crippen LogP contribution is -2.01. The summed E-state index contributed by atoms with van der Waals surface area (Å²) in [4.78, 5) is 0. The monoisotopic (exact) mass is 234 g/mol. The van der Waals surface area contributed by atoms with Crippen molar-refractivity contribution < 1.29 is 8.76 Å². The number of anilines is 1.